The largest absolute Gasteiger partial charge is 0.307 e. The number of hydrogen-bond acceptors (Lipinski definition) is 2. The molecule has 0 saturated carbocycles. The van der Waals surface area contributed by atoms with Crippen LogP contribution in [0.5, 0.6) is 0 Å². The molecule has 0 aliphatic heterocycles. The first-order valence-corrected chi connectivity index (χ1v) is 7.79. The number of hydrogen-bond donors (Lipinski definition) is 1. The van der Waals surface area contributed by atoms with E-state index < -0.39 is 0 Å². The van der Waals surface area contributed by atoms with E-state index in [1.54, 1.807) is 0 Å². The number of nitrogens with one attached hydrogen (secondary N) is 1. The van der Waals surface area contributed by atoms with Gasteiger partial charge in [-0.05, 0) is 54.2 Å². The average Bonchev–Trinajstić information content (AvgIpc) is 2.43. The van der Waals surface area contributed by atoms with Crippen LogP contribution in [0.2, 0.25) is 0 Å². The Morgan fingerprint density at radius 1 is 1.09 bits per heavy atom. The Bertz CT molecular complexity index is 702. The maximum absolute atomic E-state index is 12.0. The maximum Gasteiger partial charge on any atom is 0.249 e. The Labute approximate surface area is 138 Å². The number of nitrogens with zero attached hydrogens (tertiary/aromatic N) is 1. The molecule has 2 rings (SSSR count). The van der Waals surface area contributed by atoms with E-state index in [0.29, 0.717) is 5.82 Å². The van der Waals surface area contributed by atoms with Crippen LogP contribution < -0.4 is 5.32 Å². The third kappa shape index (κ3) is 5.06. The second kappa shape index (κ2) is 6.78. The quantitative estimate of drug-likeness (QED) is 0.839. The minimum atomic E-state index is -0.178. The van der Waals surface area contributed by atoms with E-state index in [0.717, 1.165) is 16.8 Å². The predicted molar refractivity (Wildman–Crippen MR) is 96.5 cm³/mol. The Morgan fingerprint density at radius 3 is 2.30 bits per heavy atom. The molecular formula is C20H24N2O. The van der Waals surface area contributed by atoms with E-state index in [1.165, 1.54) is 11.6 Å². The molecule has 0 aliphatic carbocycles. The zero-order chi connectivity index (χ0) is 17.0. The normalized spacial score (nSPS) is 11.7. The van der Waals surface area contributed by atoms with Crippen molar-refractivity contribution in [2.45, 2.75) is 40.0 Å². The fourth-order valence-corrected chi connectivity index (χ4v) is 2.34. The highest BCUT2D eigenvalue weighted by Crippen LogP contribution is 2.22. The highest BCUT2D eigenvalue weighted by atomic mass is 16.1. The molecule has 1 amide bonds. The molecule has 0 unspecified atom stereocenters. The van der Waals surface area contributed by atoms with Crippen molar-refractivity contribution in [2.24, 2.45) is 0 Å². The molecule has 2 aromatic rings. The van der Waals surface area contributed by atoms with Gasteiger partial charge in [0.1, 0.15) is 5.82 Å². The van der Waals surface area contributed by atoms with Crippen LogP contribution in [-0.2, 0) is 10.2 Å². The molecule has 1 N–H and O–H groups in total. The first-order valence-electron chi connectivity index (χ1n) is 7.79. The van der Waals surface area contributed by atoms with Crippen LogP contribution in [0.25, 0.3) is 6.08 Å². The Balaban J connectivity index is 2.03. The van der Waals surface area contributed by atoms with Gasteiger partial charge in [0.25, 0.3) is 0 Å². The monoisotopic (exact) mass is 308 g/mol. The third-order valence-corrected chi connectivity index (χ3v) is 3.55. The standard InChI is InChI=1S/C20H24N2O/c1-14-12-15(2)21-18(13-14)22-19(23)11-8-16-6-9-17(10-7-16)20(3,4)5/h6-13H,1-5H3,(H,21,22,23). The van der Waals surface area contributed by atoms with Gasteiger partial charge in [-0.2, -0.15) is 0 Å². The molecule has 23 heavy (non-hydrogen) atoms. The number of anilines is 1. The van der Waals surface area contributed by atoms with Crippen LogP contribution in [0.3, 0.4) is 0 Å². The summed E-state index contributed by atoms with van der Waals surface area (Å²) in [6, 6.07) is 12.1. The summed E-state index contributed by atoms with van der Waals surface area (Å²) in [5.74, 6) is 0.405. The van der Waals surface area contributed by atoms with Crippen LogP contribution in [0.1, 0.15) is 43.2 Å². The smallest absolute Gasteiger partial charge is 0.249 e. The molecule has 120 valence electrons. The number of rotatable bonds is 3. The highest BCUT2D eigenvalue weighted by Gasteiger charge is 2.12. The number of carbonyl (C=O) groups excluding carboxylic acids is 1. The van der Waals surface area contributed by atoms with Gasteiger partial charge in [0, 0.05) is 11.8 Å². The fraction of sp³-hybridized carbons (Fsp3) is 0.300. The lowest BCUT2D eigenvalue weighted by atomic mass is 9.87. The second-order valence-electron chi connectivity index (χ2n) is 6.87. The van der Waals surface area contributed by atoms with Crippen molar-refractivity contribution in [3.8, 4) is 0 Å². The number of aromatic nitrogens is 1. The van der Waals surface area contributed by atoms with E-state index in [-0.39, 0.29) is 11.3 Å². The van der Waals surface area contributed by atoms with Gasteiger partial charge >= 0.3 is 0 Å². The summed E-state index contributed by atoms with van der Waals surface area (Å²) < 4.78 is 0. The molecule has 0 fully saturated rings. The molecule has 1 aromatic heterocycles. The molecule has 0 atom stereocenters. The van der Waals surface area contributed by atoms with Gasteiger partial charge in [-0.1, -0.05) is 45.0 Å². The first kappa shape index (κ1) is 16.9. The van der Waals surface area contributed by atoms with Gasteiger partial charge in [0.2, 0.25) is 5.91 Å². The van der Waals surface area contributed by atoms with E-state index in [1.807, 2.05) is 44.2 Å². The maximum atomic E-state index is 12.0. The first-order chi connectivity index (χ1) is 10.7. The number of amides is 1. The van der Waals surface area contributed by atoms with Crippen molar-refractivity contribution in [1.29, 1.82) is 0 Å². The summed E-state index contributed by atoms with van der Waals surface area (Å²) in [5, 5.41) is 2.79. The summed E-state index contributed by atoms with van der Waals surface area (Å²) in [4.78, 5) is 16.3. The van der Waals surface area contributed by atoms with Crippen molar-refractivity contribution < 1.29 is 4.79 Å². The SMILES string of the molecule is Cc1cc(C)nc(NC(=O)C=Cc2ccc(C(C)(C)C)cc2)c1. The zero-order valence-electron chi connectivity index (χ0n) is 14.5. The van der Waals surface area contributed by atoms with Crippen molar-refractivity contribution in [3.63, 3.8) is 0 Å². The number of carbonyl (C=O) groups is 1. The minimum Gasteiger partial charge on any atom is -0.307 e. The summed E-state index contributed by atoms with van der Waals surface area (Å²) in [6.07, 6.45) is 3.34. The van der Waals surface area contributed by atoms with Crippen LogP contribution >= 0.6 is 0 Å². The fourth-order valence-electron chi connectivity index (χ4n) is 2.34. The van der Waals surface area contributed by atoms with Gasteiger partial charge in [-0.25, -0.2) is 4.98 Å². The minimum absolute atomic E-state index is 0.133. The molecule has 0 aliphatic rings. The summed E-state index contributed by atoms with van der Waals surface area (Å²) in [5.41, 5.74) is 4.38. The molecule has 0 spiro atoms. The summed E-state index contributed by atoms with van der Waals surface area (Å²) in [7, 11) is 0. The third-order valence-electron chi connectivity index (χ3n) is 3.55. The predicted octanol–water partition coefficient (Wildman–Crippen LogP) is 4.65. The molecule has 0 bridgehead atoms. The van der Waals surface area contributed by atoms with E-state index in [2.05, 4.69) is 43.2 Å². The molecular weight excluding hydrogens is 284 g/mol. The lowest BCUT2D eigenvalue weighted by Gasteiger charge is -2.18. The Hall–Kier alpha value is -2.42. The lowest BCUT2D eigenvalue weighted by molar-refractivity contribution is -0.111. The molecule has 0 radical (unpaired) electrons. The van der Waals surface area contributed by atoms with Crippen LogP contribution in [0.15, 0.2) is 42.5 Å². The zero-order valence-corrected chi connectivity index (χ0v) is 14.5. The summed E-state index contributed by atoms with van der Waals surface area (Å²) in [6.45, 7) is 10.4. The molecule has 3 nitrogen and oxygen atoms in total. The Kier molecular flexibility index (Phi) is 4.99. The van der Waals surface area contributed by atoms with Crippen LogP contribution in [0.4, 0.5) is 5.82 Å². The number of pyridine rings is 1. The Morgan fingerprint density at radius 2 is 1.74 bits per heavy atom. The van der Waals surface area contributed by atoms with Crippen molar-refractivity contribution >= 4 is 17.8 Å². The number of aryl methyl sites for hydroxylation is 2. The van der Waals surface area contributed by atoms with E-state index in [4.69, 9.17) is 0 Å². The number of benzene rings is 1. The highest BCUT2D eigenvalue weighted by molar-refractivity contribution is 6.01. The molecule has 0 saturated heterocycles. The average molecular weight is 308 g/mol. The van der Waals surface area contributed by atoms with Crippen molar-refractivity contribution in [2.75, 3.05) is 5.32 Å². The molecule has 3 heteroatoms. The van der Waals surface area contributed by atoms with Crippen LogP contribution in [0, 0.1) is 13.8 Å². The lowest BCUT2D eigenvalue weighted by Crippen LogP contribution is -2.10. The molecule has 1 aromatic carbocycles. The second-order valence-corrected chi connectivity index (χ2v) is 6.87. The molecule has 1 heterocycles. The van der Waals surface area contributed by atoms with Gasteiger partial charge < -0.3 is 5.32 Å². The van der Waals surface area contributed by atoms with Crippen LogP contribution in [-0.4, -0.2) is 10.9 Å². The van der Waals surface area contributed by atoms with Gasteiger partial charge in [-0.15, -0.1) is 0 Å². The van der Waals surface area contributed by atoms with Crippen molar-refractivity contribution in [3.05, 3.63) is 64.9 Å². The van der Waals surface area contributed by atoms with E-state index >= 15 is 0 Å². The van der Waals surface area contributed by atoms with E-state index in [9.17, 15) is 4.79 Å². The topological polar surface area (TPSA) is 42.0 Å². The van der Waals surface area contributed by atoms with Gasteiger partial charge in [0.05, 0.1) is 0 Å². The van der Waals surface area contributed by atoms with Gasteiger partial charge in [-0.3, -0.25) is 4.79 Å². The summed E-state index contributed by atoms with van der Waals surface area (Å²) >= 11 is 0. The van der Waals surface area contributed by atoms with Crippen molar-refractivity contribution in [1.82, 2.24) is 4.98 Å². The van der Waals surface area contributed by atoms with Gasteiger partial charge in [0.15, 0.2) is 0 Å².